The first kappa shape index (κ1) is 13.2. The molecule has 2 nitrogen and oxygen atoms in total. The Hall–Kier alpha value is -1.22. The number of benzene rings is 2. The second-order valence-electron chi connectivity index (χ2n) is 3.57. The minimum Gasteiger partial charge on any atom is -0.322 e. The Morgan fingerprint density at radius 1 is 1.00 bits per heavy atom. The van der Waals surface area contributed by atoms with Gasteiger partial charge in [-0.25, -0.2) is 0 Å². The van der Waals surface area contributed by atoms with Gasteiger partial charge in [0.1, 0.15) is 0 Å². The topological polar surface area (TPSA) is 29.1 Å². The number of rotatable bonds is 2. The highest BCUT2D eigenvalue weighted by atomic mass is 35.5. The van der Waals surface area contributed by atoms with E-state index in [1.54, 1.807) is 42.5 Å². The maximum Gasteiger partial charge on any atom is 0.257 e. The average molecular weight is 301 g/mol. The van der Waals surface area contributed by atoms with Crippen molar-refractivity contribution in [2.24, 2.45) is 0 Å². The van der Waals surface area contributed by atoms with Crippen LogP contribution in [0.4, 0.5) is 5.69 Å². The van der Waals surface area contributed by atoms with Crippen LogP contribution in [0.2, 0.25) is 15.1 Å². The van der Waals surface area contributed by atoms with Gasteiger partial charge in [-0.1, -0.05) is 46.9 Å². The molecule has 0 saturated carbocycles. The molecule has 18 heavy (non-hydrogen) atoms. The largest absolute Gasteiger partial charge is 0.322 e. The molecule has 0 aliphatic carbocycles. The summed E-state index contributed by atoms with van der Waals surface area (Å²) in [5.74, 6) is -0.329. The zero-order chi connectivity index (χ0) is 13.1. The van der Waals surface area contributed by atoms with Crippen LogP contribution in [0.1, 0.15) is 10.4 Å². The van der Waals surface area contributed by atoms with Gasteiger partial charge in [0, 0.05) is 10.7 Å². The van der Waals surface area contributed by atoms with E-state index >= 15 is 0 Å². The van der Waals surface area contributed by atoms with Crippen molar-refractivity contribution in [1.29, 1.82) is 0 Å². The molecule has 0 bridgehead atoms. The average Bonchev–Trinajstić information content (AvgIpc) is 2.32. The highest BCUT2D eigenvalue weighted by molar-refractivity contribution is 6.44. The molecule has 2 aromatic rings. The van der Waals surface area contributed by atoms with Gasteiger partial charge in [-0.15, -0.1) is 0 Å². The third kappa shape index (κ3) is 2.96. The van der Waals surface area contributed by atoms with E-state index in [1.165, 1.54) is 0 Å². The van der Waals surface area contributed by atoms with Crippen LogP contribution < -0.4 is 5.32 Å². The van der Waals surface area contributed by atoms with Gasteiger partial charge in [0.05, 0.1) is 15.6 Å². The normalized spacial score (nSPS) is 10.2. The van der Waals surface area contributed by atoms with Crippen molar-refractivity contribution >= 4 is 46.4 Å². The first-order valence-electron chi connectivity index (χ1n) is 5.09. The summed E-state index contributed by atoms with van der Waals surface area (Å²) in [5, 5.41) is 3.82. The summed E-state index contributed by atoms with van der Waals surface area (Å²) < 4.78 is 0. The van der Waals surface area contributed by atoms with Gasteiger partial charge in [-0.3, -0.25) is 4.79 Å². The lowest BCUT2D eigenvalue weighted by molar-refractivity contribution is 0.102. The molecule has 92 valence electrons. The summed E-state index contributed by atoms with van der Waals surface area (Å²) in [4.78, 5) is 12.0. The molecule has 0 spiro atoms. The van der Waals surface area contributed by atoms with E-state index in [9.17, 15) is 4.79 Å². The lowest BCUT2D eigenvalue weighted by atomic mass is 10.2. The summed E-state index contributed by atoms with van der Waals surface area (Å²) >= 11 is 17.7. The van der Waals surface area contributed by atoms with Crippen molar-refractivity contribution in [2.75, 3.05) is 5.32 Å². The monoisotopic (exact) mass is 299 g/mol. The Morgan fingerprint density at radius 2 is 1.72 bits per heavy atom. The molecule has 0 heterocycles. The van der Waals surface area contributed by atoms with E-state index in [2.05, 4.69) is 5.32 Å². The van der Waals surface area contributed by atoms with E-state index in [4.69, 9.17) is 34.8 Å². The van der Waals surface area contributed by atoms with Crippen LogP contribution >= 0.6 is 34.8 Å². The summed E-state index contributed by atoms with van der Waals surface area (Å²) in [6, 6.07) is 11.8. The number of carbonyl (C=O) groups excluding carboxylic acids is 1. The van der Waals surface area contributed by atoms with Crippen LogP contribution in [0.5, 0.6) is 0 Å². The van der Waals surface area contributed by atoms with Gasteiger partial charge in [0.15, 0.2) is 0 Å². The SMILES string of the molecule is O=C(Nc1cccc(Cl)c1)c1cccc(Cl)c1Cl. The number of hydrogen-bond donors (Lipinski definition) is 1. The number of carbonyl (C=O) groups is 1. The van der Waals surface area contributed by atoms with Gasteiger partial charge >= 0.3 is 0 Å². The number of halogens is 3. The molecule has 5 heteroatoms. The lowest BCUT2D eigenvalue weighted by Crippen LogP contribution is -2.12. The number of nitrogens with one attached hydrogen (secondary N) is 1. The number of anilines is 1. The summed E-state index contributed by atoms with van der Waals surface area (Å²) in [7, 11) is 0. The summed E-state index contributed by atoms with van der Waals surface area (Å²) in [6.45, 7) is 0. The van der Waals surface area contributed by atoms with E-state index in [0.29, 0.717) is 21.3 Å². The maximum atomic E-state index is 12.0. The Labute approximate surface area is 119 Å². The minimum absolute atomic E-state index is 0.235. The predicted octanol–water partition coefficient (Wildman–Crippen LogP) is 4.90. The molecule has 0 radical (unpaired) electrons. The molecule has 0 atom stereocenters. The molecule has 2 rings (SSSR count). The predicted molar refractivity (Wildman–Crippen MR) is 75.9 cm³/mol. The van der Waals surface area contributed by atoms with E-state index in [1.807, 2.05) is 0 Å². The minimum atomic E-state index is -0.329. The van der Waals surface area contributed by atoms with Crippen molar-refractivity contribution in [2.45, 2.75) is 0 Å². The van der Waals surface area contributed by atoms with Crippen LogP contribution in [0.15, 0.2) is 42.5 Å². The lowest BCUT2D eigenvalue weighted by Gasteiger charge is -2.07. The van der Waals surface area contributed by atoms with Gasteiger partial charge in [0.25, 0.3) is 5.91 Å². The van der Waals surface area contributed by atoms with Crippen LogP contribution in [0.25, 0.3) is 0 Å². The molecule has 0 aliphatic heterocycles. The highest BCUT2D eigenvalue weighted by Crippen LogP contribution is 2.26. The second-order valence-corrected chi connectivity index (χ2v) is 4.79. The van der Waals surface area contributed by atoms with Crippen molar-refractivity contribution in [1.82, 2.24) is 0 Å². The smallest absolute Gasteiger partial charge is 0.257 e. The molecular weight excluding hydrogens is 293 g/mol. The fourth-order valence-electron chi connectivity index (χ4n) is 1.44. The first-order valence-corrected chi connectivity index (χ1v) is 6.22. The molecular formula is C13H8Cl3NO. The molecule has 2 aromatic carbocycles. The molecule has 0 fully saturated rings. The van der Waals surface area contributed by atoms with Gasteiger partial charge in [-0.05, 0) is 30.3 Å². The third-order valence-electron chi connectivity index (χ3n) is 2.28. The van der Waals surface area contributed by atoms with Gasteiger partial charge in [0.2, 0.25) is 0 Å². The van der Waals surface area contributed by atoms with Crippen molar-refractivity contribution < 1.29 is 4.79 Å². The van der Waals surface area contributed by atoms with Gasteiger partial charge < -0.3 is 5.32 Å². The zero-order valence-corrected chi connectivity index (χ0v) is 11.4. The van der Waals surface area contributed by atoms with Crippen LogP contribution in [0.3, 0.4) is 0 Å². The second kappa shape index (κ2) is 5.61. The van der Waals surface area contributed by atoms with Crippen LogP contribution in [-0.2, 0) is 0 Å². The third-order valence-corrected chi connectivity index (χ3v) is 3.33. The molecule has 1 amide bonds. The number of hydrogen-bond acceptors (Lipinski definition) is 1. The van der Waals surface area contributed by atoms with E-state index < -0.39 is 0 Å². The molecule has 0 unspecified atom stereocenters. The molecule has 0 aliphatic rings. The van der Waals surface area contributed by atoms with Crippen molar-refractivity contribution in [3.8, 4) is 0 Å². The standard InChI is InChI=1S/C13H8Cl3NO/c14-8-3-1-4-9(7-8)17-13(18)10-5-2-6-11(15)12(10)16/h1-7H,(H,17,18). The van der Waals surface area contributed by atoms with Crippen molar-refractivity contribution in [3.05, 3.63) is 63.1 Å². The Morgan fingerprint density at radius 3 is 2.44 bits per heavy atom. The highest BCUT2D eigenvalue weighted by Gasteiger charge is 2.12. The molecule has 0 aromatic heterocycles. The first-order chi connectivity index (χ1) is 8.58. The fourth-order valence-corrected chi connectivity index (χ4v) is 2.02. The summed E-state index contributed by atoms with van der Waals surface area (Å²) in [5.41, 5.74) is 0.924. The maximum absolute atomic E-state index is 12.0. The van der Waals surface area contributed by atoms with Crippen LogP contribution in [0, 0.1) is 0 Å². The molecule has 0 saturated heterocycles. The Balaban J connectivity index is 2.25. The summed E-state index contributed by atoms with van der Waals surface area (Å²) in [6.07, 6.45) is 0. The fraction of sp³-hybridized carbons (Fsp3) is 0. The Bertz CT molecular complexity index is 599. The van der Waals surface area contributed by atoms with Crippen molar-refractivity contribution in [3.63, 3.8) is 0 Å². The molecule has 1 N–H and O–H groups in total. The Kier molecular flexibility index (Phi) is 4.12. The van der Waals surface area contributed by atoms with Crippen LogP contribution in [-0.4, -0.2) is 5.91 Å². The van der Waals surface area contributed by atoms with E-state index in [-0.39, 0.29) is 10.9 Å². The zero-order valence-electron chi connectivity index (χ0n) is 9.08. The number of amides is 1. The quantitative estimate of drug-likeness (QED) is 0.840. The van der Waals surface area contributed by atoms with Gasteiger partial charge in [-0.2, -0.15) is 0 Å². The van der Waals surface area contributed by atoms with E-state index in [0.717, 1.165) is 0 Å².